The van der Waals surface area contributed by atoms with Gasteiger partial charge in [-0.3, -0.25) is 0 Å². The summed E-state index contributed by atoms with van der Waals surface area (Å²) in [6.07, 6.45) is 3.85. The van der Waals surface area contributed by atoms with E-state index in [4.69, 9.17) is 0 Å². The molecule has 1 heterocycles. The van der Waals surface area contributed by atoms with Gasteiger partial charge in [-0.05, 0) is 47.9 Å². The predicted molar refractivity (Wildman–Crippen MR) is 140 cm³/mol. The first-order chi connectivity index (χ1) is 15.3. The van der Waals surface area contributed by atoms with Crippen LogP contribution in [0.1, 0.15) is 55.9 Å². The molecule has 0 unspecified atom stereocenters. The summed E-state index contributed by atoms with van der Waals surface area (Å²) < 4.78 is 2.32. The van der Waals surface area contributed by atoms with E-state index in [1.54, 1.807) is 0 Å². The number of likely N-dealkylation sites (tertiary alicyclic amines) is 1. The van der Waals surface area contributed by atoms with Gasteiger partial charge < -0.3 is 4.48 Å². The zero-order valence-electron chi connectivity index (χ0n) is 19.9. The predicted octanol–water partition coefficient (Wildman–Crippen LogP) is 7.92. The van der Waals surface area contributed by atoms with E-state index in [0.29, 0.717) is 0 Å². The number of halogens is 1. The number of nitrogens with zero attached hydrogens (tertiary/aromatic N) is 1. The second-order valence-electron chi connectivity index (χ2n) is 10.8. The van der Waals surface area contributed by atoms with E-state index in [9.17, 15) is 0 Å². The van der Waals surface area contributed by atoms with Crippen LogP contribution in [0.15, 0.2) is 83.3 Å². The molecule has 1 aliphatic heterocycles. The van der Waals surface area contributed by atoms with Gasteiger partial charge >= 0.3 is 0 Å². The third-order valence-electron chi connectivity index (χ3n) is 7.03. The molecule has 0 aromatic heterocycles. The molecule has 2 atom stereocenters. The van der Waals surface area contributed by atoms with Crippen molar-refractivity contribution in [1.29, 1.82) is 0 Å². The number of piperidine rings is 1. The summed E-state index contributed by atoms with van der Waals surface area (Å²) in [5.74, 6) is 0.739. The van der Waals surface area contributed by atoms with Crippen LogP contribution in [0.2, 0.25) is 0 Å². The summed E-state index contributed by atoms with van der Waals surface area (Å²) in [5, 5.41) is 0. The average molecular weight is 492 g/mol. The molecule has 2 heteroatoms. The van der Waals surface area contributed by atoms with Gasteiger partial charge in [0.05, 0.1) is 13.1 Å². The zero-order valence-corrected chi connectivity index (χ0v) is 21.4. The van der Waals surface area contributed by atoms with Gasteiger partial charge in [0.15, 0.2) is 0 Å². The van der Waals surface area contributed by atoms with Crippen molar-refractivity contribution in [2.75, 3.05) is 13.1 Å². The molecular formula is C30H37BrN+. The van der Waals surface area contributed by atoms with Crippen LogP contribution < -0.4 is 0 Å². The Morgan fingerprint density at radius 2 is 1.38 bits per heavy atom. The Hall–Kier alpha value is -1.90. The summed E-state index contributed by atoms with van der Waals surface area (Å²) >= 11 is 3.60. The number of hydrogen-bond donors (Lipinski definition) is 0. The van der Waals surface area contributed by atoms with Crippen molar-refractivity contribution in [3.05, 3.63) is 106 Å². The molecule has 0 saturated carbocycles. The minimum atomic E-state index is 0.218. The maximum Gasteiger partial charge on any atom is 0.105 e. The van der Waals surface area contributed by atoms with Crippen molar-refractivity contribution in [2.45, 2.75) is 58.5 Å². The van der Waals surface area contributed by atoms with Crippen molar-refractivity contribution in [3.8, 4) is 0 Å². The molecule has 0 aliphatic carbocycles. The number of hydrogen-bond acceptors (Lipinski definition) is 0. The van der Waals surface area contributed by atoms with Crippen molar-refractivity contribution in [2.24, 2.45) is 5.92 Å². The van der Waals surface area contributed by atoms with Crippen molar-refractivity contribution in [1.82, 2.24) is 0 Å². The Balaban J connectivity index is 1.53. The van der Waals surface area contributed by atoms with Crippen molar-refractivity contribution < 1.29 is 4.48 Å². The topological polar surface area (TPSA) is 0 Å². The molecule has 4 rings (SSSR count). The van der Waals surface area contributed by atoms with Crippen LogP contribution in [0.5, 0.6) is 0 Å². The fourth-order valence-corrected chi connectivity index (χ4v) is 5.64. The lowest BCUT2D eigenvalue weighted by Gasteiger charge is -2.45. The lowest BCUT2D eigenvalue weighted by molar-refractivity contribution is -0.961. The normalized spacial score (nSPS) is 21.4. The first-order valence-electron chi connectivity index (χ1n) is 12.0. The van der Waals surface area contributed by atoms with E-state index < -0.39 is 0 Å². The van der Waals surface area contributed by atoms with E-state index in [0.717, 1.165) is 28.0 Å². The maximum atomic E-state index is 3.60. The Morgan fingerprint density at radius 3 is 2.00 bits per heavy atom. The monoisotopic (exact) mass is 490 g/mol. The highest BCUT2D eigenvalue weighted by Gasteiger charge is 2.35. The molecule has 1 saturated heterocycles. The van der Waals surface area contributed by atoms with E-state index in [1.165, 1.54) is 54.6 Å². The Bertz CT molecular complexity index is 986. The molecular weight excluding hydrogens is 454 g/mol. The molecule has 3 aromatic carbocycles. The van der Waals surface area contributed by atoms with Crippen LogP contribution in [-0.2, 0) is 24.9 Å². The van der Waals surface area contributed by atoms with Crippen LogP contribution in [0.3, 0.4) is 0 Å². The van der Waals surface area contributed by atoms with Gasteiger partial charge in [0.25, 0.3) is 0 Å². The highest BCUT2D eigenvalue weighted by atomic mass is 79.9. The van der Waals surface area contributed by atoms with Gasteiger partial charge in [-0.15, -0.1) is 0 Å². The first kappa shape index (κ1) is 23.3. The Kier molecular flexibility index (Phi) is 7.22. The first-order valence-corrected chi connectivity index (χ1v) is 12.8. The summed E-state index contributed by atoms with van der Waals surface area (Å²) in [6.45, 7) is 11.6. The van der Waals surface area contributed by atoms with Gasteiger partial charge in [0.1, 0.15) is 13.1 Å². The summed E-state index contributed by atoms with van der Waals surface area (Å²) in [5.41, 5.74) is 6.04. The van der Waals surface area contributed by atoms with Gasteiger partial charge in [-0.1, -0.05) is 103 Å². The highest BCUT2D eigenvalue weighted by Crippen LogP contribution is 2.32. The van der Waals surface area contributed by atoms with Crippen LogP contribution in [0, 0.1) is 5.92 Å². The standard InChI is InChI=1S/C30H37BrN/c1-30(2,3)28-15-11-24(12-16-28)20-27-10-7-19-32(23-27,21-25-8-5-4-6-9-25)22-26-13-17-29(31)18-14-26/h4-6,8-9,11-18,27H,7,10,19-23H2,1-3H3/q+1/t27-,32-/m0/s1. The molecule has 0 bridgehead atoms. The van der Waals surface area contributed by atoms with Crippen LogP contribution in [-0.4, -0.2) is 17.6 Å². The molecule has 0 amide bonds. The Morgan fingerprint density at radius 1 is 0.781 bits per heavy atom. The average Bonchev–Trinajstić information content (AvgIpc) is 2.76. The number of quaternary nitrogens is 1. The van der Waals surface area contributed by atoms with Crippen LogP contribution >= 0.6 is 15.9 Å². The zero-order chi connectivity index (χ0) is 22.6. The third-order valence-corrected chi connectivity index (χ3v) is 7.56. The van der Waals surface area contributed by atoms with Crippen molar-refractivity contribution in [3.63, 3.8) is 0 Å². The SMILES string of the molecule is CC(C)(C)c1ccc(C[C@@H]2CCC[N@+](Cc3ccccc3)(Cc3ccc(Br)cc3)C2)cc1. The quantitative estimate of drug-likeness (QED) is 0.307. The Labute approximate surface area is 203 Å². The molecule has 1 nitrogen and oxygen atoms in total. The largest absolute Gasteiger partial charge is 0.316 e. The molecule has 3 aromatic rings. The molecule has 0 spiro atoms. The molecule has 1 fully saturated rings. The summed E-state index contributed by atoms with van der Waals surface area (Å²) in [7, 11) is 0. The molecule has 0 N–H and O–H groups in total. The van der Waals surface area contributed by atoms with E-state index in [2.05, 4.69) is 116 Å². The lowest BCUT2D eigenvalue weighted by atomic mass is 9.85. The van der Waals surface area contributed by atoms with Gasteiger partial charge in [0.2, 0.25) is 0 Å². The lowest BCUT2D eigenvalue weighted by Crippen LogP contribution is -2.53. The van der Waals surface area contributed by atoms with Gasteiger partial charge in [0, 0.05) is 21.5 Å². The molecule has 1 aliphatic rings. The maximum absolute atomic E-state index is 3.60. The highest BCUT2D eigenvalue weighted by molar-refractivity contribution is 9.10. The van der Waals surface area contributed by atoms with Gasteiger partial charge in [-0.25, -0.2) is 0 Å². The van der Waals surface area contributed by atoms with E-state index in [-0.39, 0.29) is 5.41 Å². The van der Waals surface area contributed by atoms with Gasteiger partial charge in [-0.2, -0.15) is 0 Å². The number of benzene rings is 3. The van der Waals surface area contributed by atoms with Crippen LogP contribution in [0.25, 0.3) is 0 Å². The fourth-order valence-electron chi connectivity index (χ4n) is 5.38. The van der Waals surface area contributed by atoms with Crippen LogP contribution in [0.4, 0.5) is 0 Å². The second kappa shape index (κ2) is 9.93. The smallest absolute Gasteiger partial charge is 0.105 e. The fraction of sp³-hybridized carbons (Fsp3) is 0.400. The van der Waals surface area contributed by atoms with Crippen molar-refractivity contribution >= 4 is 15.9 Å². The minimum Gasteiger partial charge on any atom is -0.316 e. The molecule has 32 heavy (non-hydrogen) atoms. The van der Waals surface area contributed by atoms with E-state index in [1.807, 2.05) is 0 Å². The summed E-state index contributed by atoms with van der Waals surface area (Å²) in [4.78, 5) is 0. The minimum absolute atomic E-state index is 0.218. The molecule has 0 radical (unpaired) electrons. The molecule has 168 valence electrons. The van der Waals surface area contributed by atoms with E-state index >= 15 is 0 Å². The third kappa shape index (κ3) is 6.11. The second-order valence-corrected chi connectivity index (χ2v) is 11.8. The summed E-state index contributed by atoms with van der Waals surface area (Å²) in [6, 6.07) is 29.5. The number of rotatable bonds is 6.